The monoisotopic (exact) mass is 548 g/mol. The highest BCUT2D eigenvalue weighted by Gasteiger charge is 2.67. The van der Waals surface area contributed by atoms with Gasteiger partial charge >= 0.3 is 23.9 Å². The number of esters is 4. The van der Waals surface area contributed by atoms with Crippen LogP contribution in [0.1, 0.15) is 99.3 Å². The molecule has 0 N–H and O–H groups in total. The molecule has 0 heterocycles. The average molecular weight is 549 g/mol. The number of ether oxygens (including phenoxy) is 4. The third-order valence-electron chi connectivity index (χ3n) is 11.4. The van der Waals surface area contributed by atoms with E-state index in [0.717, 1.165) is 51.4 Å². The lowest BCUT2D eigenvalue weighted by Gasteiger charge is -2.64. The van der Waals surface area contributed by atoms with E-state index in [2.05, 4.69) is 20.8 Å². The van der Waals surface area contributed by atoms with Crippen LogP contribution in [-0.2, 0) is 38.1 Å². The SMILES string of the molecule is COC(=O)CC[C@H](C)[C@@H]1CC[C@H]2[C@@H]3[C@@H](OC(C)=O)C[C@H]4C[C@@H](OC(C)=O)CC[C@]4(C)[C@H]3C[C@H](OC(C)=O)[C@@]21C. The van der Waals surface area contributed by atoms with Crippen LogP contribution in [0.2, 0.25) is 0 Å². The summed E-state index contributed by atoms with van der Waals surface area (Å²) < 4.78 is 22.8. The van der Waals surface area contributed by atoms with Crippen LogP contribution in [0.25, 0.3) is 0 Å². The third kappa shape index (κ3) is 5.58. The number of methoxy groups -OCH3 is 1. The Morgan fingerprint density at radius 3 is 2.13 bits per heavy atom. The maximum absolute atomic E-state index is 12.5. The number of hydrogen-bond donors (Lipinski definition) is 0. The summed E-state index contributed by atoms with van der Waals surface area (Å²) in [5.41, 5.74) is -0.300. The van der Waals surface area contributed by atoms with Crippen LogP contribution in [-0.4, -0.2) is 49.3 Å². The molecule has 11 atom stereocenters. The zero-order valence-electron chi connectivity index (χ0n) is 24.8. The highest BCUT2D eigenvalue weighted by Crippen LogP contribution is 2.69. The number of rotatable bonds is 7. The fourth-order valence-electron chi connectivity index (χ4n) is 9.77. The Kier molecular flexibility index (Phi) is 8.73. The predicted octanol–water partition coefficient (Wildman–Crippen LogP) is 5.25. The highest BCUT2D eigenvalue weighted by atomic mass is 16.6. The van der Waals surface area contributed by atoms with Gasteiger partial charge in [-0.25, -0.2) is 0 Å². The Morgan fingerprint density at radius 2 is 1.51 bits per heavy atom. The van der Waals surface area contributed by atoms with Crippen molar-refractivity contribution in [2.75, 3.05) is 7.11 Å². The first kappa shape index (κ1) is 29.9. The molecule has 4 aliphatic rings. The van der Waals surface area contributed by atoms with Crippen LogP contribution in [0.3, 0.4) is 0 Å². The van der Waals surface area contributed by atoms with Crippen LogP contribution in [0.5, 0.6) is 0 Å². The molecular weight excluding hydrogens is 500 g/mol. The second-order valence-electron chi connectivity index (χ2n) is 13.4. The Bertz CT molecular complexity index is 962. The van der Waals surface area contributed by atoms with Crippen molar-refractivity contribution in [2.45, 2.75) is 118 Å². The maximum Gasteiger partial charge on any atom is 0.305 e. The maximum atomic E-state index is 12.5. The van der Waals surface area contributed by atoms with Gasteiger partial charge in [-0.15, -0.1) is 0 Å². The summed E-state index contributed by atoms with van der Waals surface area (Å²) in [6.45, 7) is 11.3. The molecule has 4 fully saturated rings. The van der Waals surface area contributed by atoms with Gasteiger partial charge in [0.05, 0.1) is 7.11 Å². The van der Waals surface area contributed by atoms with Crippen LogP contribution in [0.4, 0.5) is 0 Å². The van der Waals surface area contributed by atoms with Gasteiger partial charge in [-0.2, -0.15) is 0 Å². The van der Waals surface area contributed by atoms with E-state index in [9.17, 15) is 19.2 Å². The van der Waals surface area contributed by atoms with E-state index < -0.39 is 0 Å². The summed E-state index contributed by atoms with van der Waals surface area (Å²) in [6, 6.07) is 0. The van der Waals surface area contributed by atoms with Crippen molar-refractivity contribution < 1.29 is 38.1 Å². The summed E-state index contributed by atoms with van der Waals surface area (Å²) in [5, 5.41) is 0. The zero-order valence-corrected chi connectivity index (χ0v) is 24.8. The molecule has 0 unspecified atom stereocenters. The van der Waals surface area contributed by atoms with Crippen molar-refractivity contribution in [3.63, 3.8) is 0 Å². The number of hydrogen-bond acceptors (Lipinski definition) is 8. The Hall–Kier alpha value is -2.12. The van der Waals surface area contributed by atoms with E-state index in [1.54, 1.807) is 0 Å². The lowest BCUT2D eigenvalue weighted by Crippen LogP contribution is -2.63. The Morgan fingerprint density at radius 1 is 0.846 bits per heavy atom. The molecule has 8 nitrogen and oxygen atoms in total. The minimum absolute atomic E-state index is 0.0215. The average Bonchev–Trinajstić information content (AvgIpc) is 3.20. The standard InChI is InChI=1S/C31H48O8/c1-17(8-11-28(35)36-7)23-9-10-24-29-25(16-27(31(23,24)6)39-20(4)34)30(5)13-12-22(37-18(2)32)14-21(30)15-26(29)38-19(3)33/h17,21-27,29H,8-16H2,1-7H3/t17-,21+,22-,23-,24-,25-,26-,27-,29-,30-,31+/m0/s1. The number of carbonyl (C=O) groups excluding carboxylic acids is 4. The fourth-order valence-corrected chi connectivity index (χ4v) is 9.77. The molecule has 0 aromatic carbocycles. The molecule has 0 aromatic heterocycles. The summed E-state index contributed by atoms with van der Waals surface area (Å²) in [5.74, 6) is 0.438. The summed E-state index contributed by atoms with van der Waals surface area (Å²) in [7, 11) is 1.42. The molecule has 0 bridgehead atoms. The minimum Gasteiger partial charge on any atom is -0.469 e. The molecule has 4 aliphatic carbocycles. The second-order valence-corrected chi connectivity index (χ2v) is 13.4. The van der Waals surface area contributed by atoms with Gasteiger partial charge in [0.2, 0.25) is 0 Å². The molecule has 0 amide bonds. The van der Waals surface area contributed by atoms with Crippen LogP contribution in [0.15, 0.2) is 0 Å². The quantitative estimate of drug-likeness (QED) is 0.314. The molecule has 220 valence electrons. The van der Waals surface area contributed by atoms with Gasteiger partial charge in [0.1, 0.15) is 18.3 Å². The van der Waals surface area contributed by atoms with Crippen molar-refractivity contribution in [1.29, 1.82) is 0 Å². The molecule has 0 spiro atoms. The lowest BCUT2D eigenvalue weighted by molar-refractivity contribution is -0.224. The molecule has 0 saturated heterocycles. The summed E-state index contributed by atoms with van der Waals surface area (Å²) in [6.07, 6.45) is 6.53. The minimum atomic E-state index is -0.279. The lowest BCUT2D eigenvalue weighted by atomic mass is 9.43. The second kappa shape index (κ2) is 11.4. The Balaban J connectivity index is 1.70. The normalized spacial score (nSPS) is 41.7. The van der Waals surface area contributed by atoms with E-state index >= 15 is 0 Å². The third-order valence-corrected chi connectivity index (χ3v) is 11.4. The molecule has 4 saturated carbocycles. The fraction of sp³-hybridized carbons (Fsp3) is 0.871. The van der Waals surface area contributed by atoms with Gasteiger partial charge in [-0.05, 0) is 86.4 Å². The topological polar surface area (TPSA) is 105 Å². The van der Waals surface area contributed by atoms with Gasteiger partial charge in [0, 0.05) is 38.5 Å². The van der Waals surface area contributed by atoms with Crippen molar-refractivity contribution >= 4 is 23.9 Å². The molecule has 0 radical (unpaired) electrons. The van der Waals surface area contributed by atoms with E-state index in [1.165, 1.54) is 27.9 Å². The summed E-state index contributed by atoms with van der Waals surface area (Å²) in [4.78, 5) is 48.5. The van der Waals surface area contributed by atoms with Gasteiger partial charge < -0.3 is 18.9 Å². The first-order valence-electron chi connectivity index (χ1n) is 14.9. The smallest absolute Gasteiger partial charge is 0.305 e. The highest BCUT2D eigenvalue weighted by molar-refractivity contribution is 5.69. The van der Waals surface area contributed by atoms with E-state index in [1.807, 2.05) is 0 Å². The Labute approximate surface area is 233 Å². The predicted molar refractivity (Wildman–Crippen MR) is 143 cm³/mol. The molecule has 39 heavy (non-hydrogen) atoms. The van der Waals surface area contributed by atoms with Crippen LogP contribution < -0.4 is 0 Å². The van der Waals surface area contributed by atoms with E-state index in [-0.39, 0.29) is 88.5 Å². The number of carbonyl (C=O) groups is 4. The summed E-state index contributed by atoms with van der Waals surface area (Å²) >= 11 is 0. The van der Waals surface area contributed by atoms with Crippen molar-refractivity contribution in [3.05, 3.63) is 0 Å². The van der Waals surface area contributed by atoms with E-state index in [0.29, 0.717) is 6.42 Å². The van der Waals surface area contributed by atoms with E-state index in [4.69, 9.17) is 18.9 Å². The zero-order chi connectivity index (χ0) is 28.7. The van der Waals surface area contributed by atoms with Crippen LogP contribution >= 0.6 is 0 Å². The molecule has 0 aromatic rings. The van der Waals surface area contributed by atoms with Crippen molar-refractivity contribution in [3.8, 4) is 0 Å². The van der Waals surface area contributed by atoms with Gasteiger partial charge in [-0.3, -0.25) is 19.2 Å². The first-order chi connectivity index (χ1) is 18.3. The van der Waals surface area contributed by atoms with Crippen LogP contribution in [0, 0.1) is 46.3 Å². The molecule has 8 heteroatoms. The largest absolute Gasteiger partial charge is 0.469 e. The first-order valence-corrected chi connectivity index (χ1v) is 14.9. The molecule has 0 aliphatic heterocycles. The van der Waals surface area contributed by atoms with Crippen molar-refractivity contribution in [2.24, 2.45) is 46.3 Å². The van der Waals surface area contributed by atoms with Gasteiger partial charge in [0.25, 0.3) is 0 Å². The van der Waals surface area contributed by atoms with Gasteiger partial charge in [-0.1, -0.05) is 20.8 Å². The van der Waals surface area contributed by atoms with Crippen molar-refractivity contribution in [1.82, 2.24) is 0 Å². The molecular formula is C31H48O8. The van der Waals surface area contributed by atoms with Gasteiger partial charge in [0.15, 0.2) is 0 Å². The molecule has 4 rings (SSSR count). The number of fused-ring (bicyclic) bond motifs is 5.